The van der Waals surface area contributed by atoms with Gasteiger partial charge in [0.25, 0.3) is 0 Å². The van der Waals surface area contributed by atoms with Crippen molar-refractivity contribution in [3.63, 3.8) is 0 Å². The van der Waals surface area contributed by atoms with Crippen LogP contribution in [0.4, 0.5) is 0 Å². The van der Waals surface area contributed by atoms with Gasteiger partial charge in [0.05, 0.1) is 25.7 Å². The summed E-state index contributed by atoms with van der Waals surface area (Å²) in [6.45, 7) is 7.63. The summed E-state index contributed by atoms with van der Waals surface area (Å²) >= 11 is 0. The fraction of sp³-hybridized carbons (Fsp3) is 0.364. The van der Waals surface area contributed by atoms with Gasteiger partial charge in [-0.25, -0.2) is 9.78 Å². The number of imidazole rings is 1. The Balaban J connectivity index is 1.65. The van der Waals surface area contributed by atoms with Gasteiger partial charge in [-0.3, -0.25) is 4.90 Å². The lowest BCUT2D eigenvalue weighted by Gasteiger charge is -2.24. The molecule has 0 saturated carbocycles. The number of aromatic nitrogens is 2. The van der Waals surface area contributed by atoms with E-state index in [9.17, 15) is 4.79 Å². The van der Waals surface area contributed by atoms with Crippen LogP contribution in [0.15, 0.2) is 59.6 Å². The van der Waals surface area contributed by atoms with E-state index in [1.807, 2.05) is 42.6 Å². The first-order valence-corrected chi connectivity index (χ1v) is 9.63. The van der Waals surface area contributed by atoms with E-state index in [1.54, 1.807) is 33.4 Å². The van der Waals surface area contributed by atoms with Crippen LogP contribution in [0, 0.1) is 0 Å². The van der Waals surface area contributed by atoms with Crippen LogP contribution in [0.3, 0.4) is 0 Å². The van der Waals surface area contributed by atoms with Gasteiger partial charge in [-0.2, -0.15) is 0 Å². The molecule has 0 aliphatic carbocycles. The summed E-state index contributed by atoms with van der Waals surface area (Å²) in [4.78, 5) is 21.5. The highest BCUT2D eigenvalue weighted by atomic mass is 16.6. The summed E-state index contributed by atoms with van der Waals surface area (Å²) < 4.78 is 16.4. The predicted octanol–water partition coefficient (Wildman–Crippen LogP) is 3.93. The Labute approximate surface area is 170 Å². The number of esters is 1. The van der Waals surface area contributed by atoms with Crippen molar-refractivity contribution in [2.75, 3.05) is 6.61 Å². The third-order valence-corrected chi connectivity index (χ3v) is 4.38. The Morgan fingerprint density at radius 2 is 1.97 bits per heavy atom. The van der Waals surface area contributed by atoms with Crippen molar-refractivity contribution in [3.05, 3.63) is 72.2 Å². The largest absolute Gasteiger partial charge is 0.476 e. The quantitative estimate of drug-likeness (QED) is 0.522. The first-order chi connectivity index (χ1) is 14.0. The van der Waals surface area contributed by atoms with E-state index in [0.29, 0.717) is 18.9 Å². The normalized spacial score (nSPS) is 11.6. The summed E-state index contributed by atoms with van der Waals surface area (Å²) in [5.74, 6) is 1.15. The average molecular weight is 397 g/mol. The number of rotatable bonds is 10. The molecule has 0 amide bonds. The number of aromatic amines is 1. The molecule has 1 aromatic carbocycles. The maximum absolute atomic E-state index is 12.0. The number of carbonyl (C=O) groups excluding carboxylic acids is 1. The van der Waals surface area contributed by atoms with Gasteiger partial charge in [0.15, 0.2) is 5.60 Å². The molecule has 0 aliphatic rings. The molecule has 2 heterocycles. The molecule has 0 spiro atoms. The Hall–Kier alpha value is -3.06. The first kappa shape index (κ1) is 20.7. The van der Waals surface area contributed by atoms with Gasteiger partial charge >= 0.3 is 5.97 Å². The molecule has 0 bridgehead atoms. The van der Waals surface area contributed by atoms with Crippen LogP contribution < -0.4 is 4.74 Å². The van der Waals surface area contributed by atoms with E-state index in [1.165, 1.54) is 0 Å². The molecule has 0 aliphatic heterocycles. The van der Waals surface area contributed by atoms with Crippen molar-refractivity contribution < 1.29 is 18.7 Å². The van der Waals surface area contributed by atoms with E-state index >= 15 is 0 Å². The molecule has 0 saturated heterocycles. The molecule has 0 radical (unpaired) electrons. The van der Waals surface area contributed by atoms with E-state index in [0.717, 1.165) is 30.1 Å². The smallest absolute Gasteiger partial charge is 0.349 e. The highest BCUT2D eigenvalue weighted by molar-refractivity contribution is 5.79. The SMILES string of the molecule is CCOC(=O)C(C)(C)Oc1ccc(CN(Cc2cnc[nH]2)Cc2ccco2)cc1. The molecule has 0 fully saturated rings. The van der Waals surface area contributed by atoms with E-state index < -0.39 is 5.60 Å². The first-order valence-electron chi connectivity index (χ1n) is 9.63. The van der Waals surface area contributed by atoms with Gasteiger partial charge in [0.2, 0.25) is 0 Å². The Morgan fingerprint density at radius 1 is 1.17 bits per heavy atom. The molecule has 1 N–H and O–H groups in total. The summed E-state index contributed by atoms with van der Waals surface area (Å²) in [7, 11) is 0. The number of benzene rings is 1. The van der Waals surface area contributed by atoms with Crippen LogP contribution in [0.1, 0.15) is 37.8 Å². The summed E-state index contributed by atoms with van der Waals surface area (Å²) in [6, 6.07) is 11.6. The van der Waals surface area contributed by atoms with Crippen molar-refractivity contribution >= 4 is 5.97 Å². The third kappa shape index (κ3) is 5.96. The second-order valence-corrected chi connectivity index (χ2v) is 7.28. The maximum atomic E-state index is 12.0. The van der Waals surface area contributed by atoms with E-state index in [-0.39, 0.29) is 5.97 Å². The fourth-order valence-electron chi connectivity index (χ4n) is 2.96. The molecule has 7 nitrogen and oxygen atoms in total. The topological polar surface area (TPSA) is 80.6 Å². The second kappa shape index (κ2) is 9.43. The number of nitrogens with zero attached hydrogens (tertiary/aromatic N) is 2. The Morgan fingerprint density at radius 3 is 2.59 bits per heavy atom. The highest BCUT2D eigenvalue weighted by Crippen LogP contribution is 2.21. The third-order valence-electron chi connectivity index (χ3n) is 4.38. The van der Waals surface area contributed by atoms with Crippen LogP contribution in [0.5, 0.6) is 5.75 Å². The van der Waals surface area contributed by atoms with Crippen LogP contribution in [0.2, 0.25) is 0 Å². The zero-order valence-electron chi connectivity index (χ0n) is 17.1. The molecule has 3 aromatic rings. The molecule has 2 aromatic heterocycles. The van der Waals surface area contributed by atoms with Crippen molar-refractivity contribution in [2.24, 2.45) is 0 Å². The minimum Gasteiger partial charge on any atom is -0.476 e. The number of ether oxygens (including phenoxy) is 2. The summed E-state index contributed by atoms with van der Waals surface area (Å²) in [6.07, 6.45) is 5.18. The second-order valence-electron chi connectivity index (χ2n) is 7.28. The standard InChI is InChI=1S/C22H27N3O4/c1-4-27-21(26)22(2,3)29-19-9-7-17(8-10-19)13-25(14-18-12-23-16-24-18)15-20-6-5-11-28-20/h5-12,16H,4,13-15H2,1-3H3,(H,23,24). The summed E-state index contributed by atoms with van der Waals surface area (Å²) in [5.41, 5.74) is 1.12. The number of carbonyl (C=O) groups is 1. The zero-order valence-corrected chi connectivity index (χ0v) is 17.1. The maximum Gasteiger partial charge on any atom is 0.349 e. The molecule has 0 unspecified atom stereocenters. The number of furan rings is 1. The molecule has 29 heavy (non-hydrogen) atoms. The number of hydrogen-bond acceptors (Lipinski definition) is 6. The van der Waals surface area contributed by atoms with Crippen LogP contribution in [0.25, 0.3) is 0 Å². The van der Waals surface area contributed by atoms with E-state index in [4.69, 9.17) is 13.9 Å². The minimum atomic E-state index is -1.04. The molecule has 3 rings (SSSR count). The average Bonchev–Trinajstić information content (AvgIpc) is 3.37. The van der Waals surface area contributed by atoms with Crippen molar-refractivity contribution in [1.29, 1.82) is 0 Å². The van der Waals surface area contributed by atoms with Crippen molar-refractivity contribution in [1.82, 2.24) is 14.9 Å². The lowest BCUT2D eigenvalue weighted by molar-refractivity contribution is -0.158. The lowest BCUT2D eigenvalue weighted by atomic mass is 10.1. The summed E-state index contributed by atoms with van der Waals surface area (Å²) in [5, 5.41) is 0. The van der Waals surface area contributed by atoms with Crippen LogP contribution >= 0.6 is 0 Å². The van der Waals surface area contributed by atoms with E-state index in [2.05, 4.69) is 14.9 Å². The van der Waals surface area contributed by atoms with Gasteiger partial charge in [-0.05, 0) is 50.6 Å². The zero-order chi connectivity index (χ0) is 20.7. The number of hydrogen-bond donors (Lipinski definition) is 1. The van der Waals surface area contributed by atoms with Crippen molar-refractivity contribution in [2.45, 2.75) is 46.0 Å². The molecule has 0 atom stereocenters. The Kier molecular flexibility index (Phi) is 6.72. The molecular formula is C22H27N3O4. The van der Waals surface area contributed by atoms with Gasteiger partial charge in [0, 0.05) is 25.0 Å². The molecular weight excluding hydrogens is 370 g/mol. The van der Waals surface area contributed by atoms with Crippen molar-refractivity contribution in [3.8, 4) is 5.75 Å². The van der Waals surface area contributed by atoms with Gasteiger partial charge in [-0.15, -0.1) is 0 Å². The monoisotopic (exact) mass is 397 g/mol. The van der Waals surface area contributed by atoms with Crippen LogP contribution in [-0.4, -0.2) is 33.0 Å². The number of H-pyrrole nitrogens is 1. The molecule has 7 heteroatoms. The highest BCUT2D eigenvalue weighted by Gasteiger charge is 2.31. The van der Waals surface area contributed by atoms with Gasteiger partial charge < -0.3 is 18.9 Å². The lowest BCUT2D eigenvalue weighted by Crippen LogP contribution is -2.39. The fourth-order valence-corrected chi connectivity index (χ4v) is 2.96. The minimum absolute atomic E-state index is 0.326. The van der Waals surface area contributed by atoms with Crippen LogP contribution in [-0.2, 0) is 29.2 Å². The number of nitrogens with one attached hydrogen (secondary N) is 1. The van der Waals surface area contributed by atoms with Gasteiger partial charge in [-0.1, -0.05) is 12.1 Å². The predicted molar refractivity (Wildman–Crippen MR) is 108 cm³/mol. The van der Waals surface area contributed by atoms with Gasteiger partial charge in [0.1, 0.15) is 11.5 Å². The molecule has 154 valence electrons. The Bertz CT molecular complexity index is 835.